The lowest BCUT2D eigenvalue weighted by Gasteiger charge is -2.12. The molecule has 4 heteroatoms. The fourth-order valence-corrected chi connectivity index (χ4v) is 1.44. The van der Waals surface area contributed by atoms with Crippen molar-refractivity contribution in [1.29, 1.82) is 0 Å². The van der Waals surface area contributed by atoms with Gasteiger partial charge in [0.2, 0.25) is 0 Å². The highest BCUT2D eigenvalue weighted by molar-refractivity contribution is 6.08. The van der Waals surface area contributed by atoms with Crippen LogP contribution in [0.25, 0.3) is 0 Å². The number of esters is 1. The van der Waals surface area contributed by atoms with Crippen molar-refractivity contribution in [2.45, 2.75) is 20.2 Å². The molecule has 0 saturated heterocycles. The number of rotatable bonds is 3. The van der Waals surface area contributed by atoms with Gasteiger partial charge in [0.1, 0.15) is 7.85 Å². The van der Waals surface area contributed by atoms with Crippen LogP contribution in [-0.2, 0) is 11.1 Å². The van der Waals surface area contributed by atoms with E-state index in [4.69, 9.17) is 9.47 Å². The molecule has 0 atom stereocenters. The zero-order valence-corrected chi connectivity index (χ0v) is 9.59. The lowest BCUT2D eigenvalue weighted by atomic mass is 9.95. The Morgan fingerprint density at radius 2 is 2.13 bits per heavy atom. The van der Waals surface area contributed by atoms with Gasteiger partial charge in [-0.25, -0.2) is 0 Å². The molecule has 0 aliphatic heterocycles. The Kier molecular flexibility index (Phi) is 3.77. The molecule has 0 amide bonds. The molecule has 3 nitrogen and oxygen atoms in total. The van der Waals surface area contributed by atoms with Crippen LogP contribution in [-0.4, -0.2) is 20.9 Å². The maximum atomic E-state index is 10.9. The van der Waals surface area contributed by atoms with E-state index in [2.05, 4.69) is 7.85 Å². The van der Waals surface area contributed by atoms with Gasteiger partial charge in [-0.1, -0.05) is 17.9 Å². The van der Waals surface area contributed by atoms with Crippen LogP contribution >= 0.6 is 0 Å². The van der Waals surface area contributed by atoms with E-state index in [0.29, 0.717) is 11.5 Å². The normalized spacial score (nSPS) is 9.80. The molecule has 0 spiro atoms. The molecule has 15 heavy (non-hydrogen) atoms. The Morgan fingerprint density at radius 3 is 2.60 bits per heavy atom. The van der Waals surface area contributed by atoms with Crippen molar-refractivity contribution in [2.24, 2.45) is 0 Å². The molecule has 0 aliphatic rings. The molecule has 0 bridgehead atoms. The maximum absolute atomic E-state index is 10.9. The van der Waals surface area contributed by atoms with Crippen molar-refractivity contribution < 1.29 is 14.3 Å². The summed E-state index contributed by atoms with van der Waals surface area (Å²) in [5.74, 6) is 0.796. The molecule has 0 aromatic heterocycles. The zero-order chi connectivity index (χ0) is 11.4. The molecule has 0 aliphatic carbocycles. The van der Waals surface area contributed by atoms with E-state index < -0.39 is 0 Å². The van der Waals surface area contributed by atoms with Crippen molar-refractivity contribution in [3.8, 4) is 11.5 Å². The first kappa shape index (κ1) is 11.6. The van der Waals surface area contributed by atoms with Crippen LogP contribution in [0, 0.1) is 6.92 Å². The van der Waals surface area contributed by atoms with Gasteiger partial charge in [-0.3, -0.25) is 4.79 Å². The Balaban J connectivity index is 3.18. The van der Waals surface area contributed by atoms with Crippen LogP contribution in [0.2, 0.25) is 0 Å². The minimum atomic E-state index is -0.333. The molecule has 0 heterocycles. The summed E-state index contributed by atoms with van der Waals surface area (Å²) in [7, 11) is 3.64. The van der Waals surface area contributed by atoms with Gasteiger partial charge in [0.05, 0.1) is 7.11 Å². The molecular weight excluding hydrogens is 191 g/mol. The van der Waals surface area contributed by atoms with Crippen molar-refractivity contribution >= 4 is 13.8 Å². The number of hydrogen-bond acceptors (Lipinski definition) is 3. The first-order valence-corrected chi connectivity index (χ1v) is 4.94. The van der Waals surface area contributed by atoms with Crippen LogP contribution < -0.4 is 9.47 Å². The molecule has 0 N–H and O–H groups in total. The molecular formula is C11H15BO3. The van der Waals surface area contributed by atoms with Crippen molar-refractivity contribution in [1.82, 2.24) is 0 Å². The van der Waals surface area contributed by atoms with Gasteiger partial charge < -0.3 is 9.47 Å². The summed E-state index contributed by atoms with van der Waals surface area (Å²) in [4.78, 5) is 10.9. The lowest BCUT2D eigenvalue weighted by Crippen LogP contribution is -2.05. The summed E-state index contributed by atoms with van der Waals surface area (Å²) < 4.78 is 10.3. The van der Waals surface area contributed by atoms with E-state index in [1.807, 2.05) is 19.1 Å². The summed E-state index contributed by atoms with van der Waals surface area (Å²) in [5, 5.41) is 0. The predicted molar refractivity (Wildman–Crippen MR) is 61.3 cm³/mol. The Hall–Kier alpha value is -1.45. The average molecular weight is 206 g/mol. The minimum absolute atomic E-state index is 0.333. The first-order valence-electron chi connectivity index (χ1n) is 4.94. The first-order chi connectivity index (χ1) is 7.08. The van der Waals surface area contributed by atoms with Crippen molar-refractivity contribution in [3.63, 3.8) is 0 Å². The number of ether oxygens (including phenoxy) is 2. The number of hydrogen-bond donors (Lipinski definition) is 0. The highest BCUT2D eigenvalue weighted by Crippen LogP contribution is 2.32. The van der Waals surface area contributed by atoms with Gasteiger partial charge in [0.15, 0.2) is 11.5 Å². The third-order valence-corrected chi connectivity index (χ3v) is 2.17. The van der Waals surface area contributed by atoms with E-state index in [-0.39, 0.29) is 5.97 Å². The van der Waals surface area contributed by atoms with E-state index in [1.54, 1.807) is 7.11 Å². The SMILES string of the molecule is BCc1cc(C)c(OC(C)=O)c(OC)c1. The van der Waals surface area contributed by atoms with Crippen LogP contribution in [0.3, 0.4) is 0 Å². The van der Waals surface area contributed by atoms with Crippen LogP contribution in [0.5, 0.6) is 11.5 Å². The molecule has 1 rings (SSSR count). The monoisotopic (exact) mass is 206 g/mol. The smallest absolute Gasteiger partial charge is 0.308 e. The van der Waals surface area contributed by atoms with Crippen LogP contribution in [0.15, 0.2) is 12.1 Å². The van der Waals surface area contributed by atoms with Gasteiger partial charge in [0.25, 0.3) is 0 Å². The van der Waals surface area contributed by atoms with Gasteiger partial charge in [-0.15, -0.1) is 0 Å². The summed E-state index contributed by atoms with van der Waals surface area (Å²) in [5.41, 5.74) is 2.08. The quantitative estimate of drug-likeness (QED) is 0.421. The van der Waals surface area contributed by atoms with E-state index in [0.717, 1.165) is 11.9 Å². The fourth-order valence-electron chi connectivity index (χ4n) is 1.44. The molecule has 0 radical (unpaired) electrons. The third-order valence-electron chi connectivity index (χ3n) is 2.17. The zero-order valence-electron chi connectivity index (χ0n) is 9.59. The molecule has 1 aromatic carbocycles. The Labute approximate surface area is 90.8 Å². The third kappa shape index (κ3) is 2.75. The van der Waals surface area contributed by atoms with Gasteiger partial charge >= 0.3 is 5.97 Å². The largest absolute Gasteiger partial charge is 0.493 e. The second-order valence-electron chi connectivity index (χ2n) is 3.39. The molecule has 0 saturated carbocycles. The predicted octanol–water partition coefficient (Wildman–Crippen LogP) is 1.06. The second kappa shape index (κ2) is 4.87. The second-order valence-corrected chi connectivity index (χ2v) is 3.39. The summed E-state index contributed by atoms with van der Waals surface area (Å²) in [6.07, 6.45) is 0.928. The Bertz CT molecular complexity index is 374. The van der Waals surface area contributed by atoms with Gasteiger partial charge in [-0.2, -0.15) is 0 Å². The molecule has 1 aromatic rings. The van der Waals surface area contributed by atoms with Crippen molar-refractivity contribution in [2.75, 3.05) is 7.11 Å². The minimum Gasteiger partial charge on any atom is -0.493 e. The highest BCUT2D eigenvalue weighted by atomic mass is 16.6. The number of carbonyl (C=O) groups is 1. The number of aryl methyl sites for hydroxylation is 1. The van der Waals surface area contributed by atoms with E-state index >= 15 is 0 Å². The average Bonchev–Trinajstić information content (AvgIpc) is 2.20. The summed E-state index contributed by atoms with van der Waals surface area (Å²) in [6.45, 7) is 3.28. The maximum Gasteiger partial charge on any atom is 0.308 e. The highest BCUT2D eigenvalue weighted by Gasteiger charge is 2.11. The van der Waals surface area contributed by atoms with Gasteiger partial charge in [0, 0.05) is 6.92 Å². The van der Waals surface area contributed by atoms with Gasteiger partial charge in [-0.05, 0) is 18.6 Å². The number of benzene rings is 1. The number of methoxy groups -OCH3 is 1. The van der Waals surface area contributed by atoms with Crippen molar-refractivity contribution in [3.05, 3.63) is 23.3 Å². The van der Waals surface area contributed by atoms with Crippen LogP contribution in [0.4, 0.5) is 0 Å². The molecule has 80 valence electrons. The molecule has 0 unspecified atom stereocenters. The number of carbonyl (C=O) groups excluding carboxylic acids is 1. The summed E-state index contributed by atoms with van der Waals surface area (Å²) >= 11 is 0. The molecule has 0 fully saturated rings. The van der Waals surface area contributed by atoms with E-state index in [1.165, 1.54) is 12.5 Å². The standard InChI is InChI=1S/C11H15BO3/c1-7-4-9(6-12)5-10(14-3)11(7)15-8(2)13/h4-5H,6,12H2,1-3H3. The van der Waals surface area contributed by atoms with Crippen LogP contribution in [0.1, 0.15) is 18.1 Å². The fraction of sp³-hybridized carbons (Fsp3) is 0.364. The lowest BCUT2D eigenvalue weighted by molar-refractivity contribution is -0.132. The van der Waals surface area contributed by atoms with E-state index in [9.17, 15) is 4.79 Å². The Morgan fingerprint density at radius 1 is 1.47 bits per heavy atom. The summed E-state index contributed by atoms with van der Waals surface area (Å²) in [6, 6.07) is 3.89. The topological polar surface area (TPSA) is 35.5 Å².